The minimum absolute atomic E-state index is 0.0113. The largest absolute Gasteiger partial charge is 0.481 e. The summed E-state index contributed by atoms with van der Waals surface area (Å²) in [4.78, 5) is 185. The highest BCUT2D eigenvalue weighted by Crippen LogP contribution is 2.33. The molecule has 28 nitrogen and oxygen atoms in total. The van der Waals surface area contributed by atoms with E-state index in [1.165, 1.54) is 111 Å². The summed E-state index contributed by atoms with van der Waals surface area (Å²) in [6.07, 6.45) is 15.6. The lowest BCUT2D eigenvalue weighted by Gasteiger charge is -2.22. The van der Waals surface area contributed by atoms with Crippen molar-refractivity contribution in [3.63, 3.8) is 0 Å². The molecule has 0 rings (SSSR count). The van der Waals surface area contributed by atoms with Gasteiger partial charge in [0, 0.05) is 135 Å². The molecule has 0 saturated carbocycles. The first-order chi connectivity index (χ1) is 51.4. The molecule has 0 aliphatic carbocycles. The lowest BCUT2D eigenvalue weighted by molar-refractivity contribution is -0.143. The maximum absolute atomic E-state index is 13.4. The Hall–Kier alpha value is -4.81. The first-order valence-corrected chi connectivity index (χ1v) is 45.4. The van der Waals surface area contributed by atoms with E-state index in [1.54, 1.807) is 20.8 Å². The second kappa shape index (κ2) is 66.8. The lowest BCUT2D eigenvalue weighted by atomic mass is 9.95. The van der Waals surface area contributed by atoms with Gasteiger partial charge in [0.2, 0.25) is 29.5 Å². The molecule has 0 fully saturated rings. The van der Waals surface area contributed by atoms with Gasteiger partial charge >= 0.3 is 23.9 Å². The van der Waals surface area contributed by atoms with Crippen molar-refractivity contribution in [1.29, 1.82) is 0 Å². The van der Waals surface area contributed by atoms with Crippen molar-refractivity contribution in [3.05, 3.63) is 0 Å². The van der Waals surface area contributed by atoms with Gasteiger partial charge in [0.25, 0.3) is 0 Å². The number of nitrogens with one attached hydrogen (secondary N) is 5. The van der Waals surface area contributed by atoms with Gasteiger partial charge in [-0.05, 0) is 72.1 Å². The summed E-state index contributed by atoms with van der Waals surface area (Å²) in [6.45, 7) is 12.4. The van der Waals surface area contributed by atoms with E-state index in [4.69, 9.17) is 24.1 Å². The molecule has 108 heavy (non-hydrogen) atoms. The van der Waals surface area contributed by atoms with E-state index in [2.05, 4.69) is 26.6 Å². The number of hydrogen-bond acceptors (Lipinski definition) is 25. The molecule has 34 heteroatoms. The minimum Gasteiger partial charge on any atom is -0.481 e. The van der Waals surface area contributed by atoms with E-state index in [0.29, 0.717) is 42.3 Å². The van der Waals surface area contributed by atoms with Gasteiger partial charge in [-0.2, -0.15) is 0 Å². The van der Waals surface area contributed by atoms with Gasteiger partial charge in [-0.25, -0.2) is 9.59 Å². The fraction of sp³-hybridized carbons (Fsp3) is 0.797. The maximum Gasteiger partial charge on any atom is 0.326 e. The lowest BCUT2D eigenvalue weighted by Crippen LogP contribution is -2.52. The van der Waals surface area contributed by atoms with Crippen molar-refractivity contribution in [1.82, 2.24) is 26.6 Å². The summed E-state index contributed by atoms with van der Waals surface area (Å²) in [6, 6.07) is -3.94. The Morgan fingerprint density at radius 3 is 1.23 bits per heavy atom. The number of carbonyl (C=O) groups is 15. The number of Topliss-reactive ketones (excluding diaryl/α,β-unsaturated/α-hetero) is 6. The van der Waals surface area contributed by atoms with Gasteiger partial charge in [-0.15, -0.1) is 0 Å². The number of unbranched alkanes of at least 4 members (excludes halogenated alkanes) is 14. The molecule has 0 heterocycles. The van der Waals surface area contributed by atoms with Gasteiger partial charge in [-0.3, -0.25) is 62.3 Å². The SMILES string of the molecule is CC(=O)[C@H](CSSC[C@H](C)C(C)=O)CC(=O)[C@@H](C)CSSC[C@H](C)C(=O)C[C@@H](CSSC[C@H](C)C(=O)N[C@@H](CCC(=O)O)C(=O)N[C@@H](CCCCNC(=O)COCCOCCCC(=O)COCCOCCNC(=O)CC[C@H](NC(=O)CCCCCCCCCCCCCCCCC(=O)O)C(=O)O)C(=O)O)C(C)=O. The fourth-order valence-corrected chi connectivity index (χ4v) is 18.3. The molecule has 0 aliphatic heterocycles. The summed E-state index contributed by atoms with van der Waals surface area (Å²) in [5, 5.41) is 50.4. The maximum atomic E-state index is 13.4. The molecule has 0 saturated heterocycles. The third kappa shape index (κ3) is 59.0. The van der Waals surface area contributed by atoms with E-state index in [9.17, 15) is 87.2 Å². The highest BCUT2D eigenvalue weighted by Gasteiger charge is 2.30. The van der Waals surface area contributed by atoms with Crippen molar-refractivity contribution in [2.24, 2.45) is 35.5 Å². The molecule has 0 aromatic heterocycles. The smallest absolute Gasteiger partial charge is 0.326 e. The van der Waals surface area contributed by atoms with Crippen LogP contribution in [0.25, 0.3) is 0 Å². The number of carboxylic acids is 4. The Kier molecular flexibility index (Phi) is 63.8. The standard InChI is InChI=1S/C74H125N5O23S6/c1-51(55(5)80)45-103-107-49-58(56(6)81)41-64(84)52(2)46-104-105-47-53(3)65(85)42-59(57(7)82)50-108-106-48-54(4)71(93)78-61(30-32-70(91)92)72(94)79-62(73(95)96)26-22-23-33-75-68(88)44-102-40-37-99-35-24-25-60(83)43-101-39-38-100-36-34-76-66(86)31-29-63(74(97)98)77-67(87)27-20-18-16-14-12-10-8-9-11-13-15-17-19-21-28-69(89)90/h51-54,58-59,61-63H,8-50H2,1-7H3,(H,75,88)(H,76,86)(H,77,87)(H,78,93)(H,79,94)(H,89,90)(H,91,92)(H,95,96)(H,97,98)/t51-,52-,53-,54-,58-,59-,61-,62-,63-/m0/s1. The summed E-state index contributed by atoms with van der Waals surface area (Å²) in [5.74, 6) is -7.37. The highest BCUT2D eigenvalue weighted by molar-refractivity contribution is 8.77. The average molecular weight is 1650 g/mol. The molecule has 5 amide bonds. The molecule has 0 bridgehead atoms. The summed E-state index contributed by atoms with van der Waals surface area (Å²) >= 11 is 0. The number of amides is 5. The number of ether oxygens (including phenoxy) is 4. The molecule has 0 aromatic rings. The molecule has 620 valence electrons. The predicted octanol–water partition coefficient (Wildman–Crippen LogP) is 10.0. The van der Waals surface area contributed by atoms with Crippen molar-refractivity contribution in [2.75, 3.05) is 100 Å². The van der Waals surface area contributed by atoms with Gasteiger partial charge in [0.05, 0.1) is 33.0 Å². The number of carboxylic acid groups (broad SMARTS) is 4. The van der Waals surface area contributed by atoms with E-state index in [0.717, 1.165) is 51.4 Å². The summed E-state index contributed by atoms with van der Waals surface area (Å²) in [7, 11) is 8.55. The predicted molar refractivity (Wildman–Crippen MR) is 426 cm³/mol. The normalized spacial score (nSPS) is 13.8. The van der Waals surface area contributed by atoms with Crippen LogP contribution in [-0.2, 0) is 90.9 Å². The second-order valence-corrected chi connectivity index (χ2v) is 34.9. The van der Waals surface area contributed by atoms with Crippen LogP contribution >= 0.6 is 64.8 Å². The molecule has 0 spiro atoms. The zero-order valence-corrected chi connectivity index (χ0v) is 69.5. The number of ketones is 6. The molecular weight excluding hydrogens is 1520 g/mol. The van der Waals surface area contributed by atoms with Crippen molar-refractivity contribution < 1.29 is 111 Å². The van der Waals surface area contributed by atoms with Crippen LogP contribution in [-0.4, -0.2) is 227 Å². The van der Waals surface area contributed by atoms with Gasteiger partial charge < -0.3 is 66.0 Å². The molecule has 0 unspecified atom stereocenters. The van der Waals surface area contributed by atoms with Crippen LogP contribution in [0.15, 0.2) is 0 Å². The average Bonchev–Trinajstić information content (AvgIpc) is 0.902. The van der Waals surface area contributed by atoms with Crippen molar-refractivity contribution in [2.45, 2.75) is 240 Å². The summed E-state index contributed by atoms with van der Waals surface area (Å²) < 4.78 is 21.7. The Labute approximate surface area is 662 Å². The van der Waals surface area contributed by atoms with Crippen LogP contribution in [0.1, 0.15) is 222 Å². The second-order valence-electron chi connectivity index (χ2n) is 27.3. The highest BCUT2D eigenvalue weighted by atomic mass is 33.1. The van der Waals surface area contributed by atoms with Crippen LogP contribution < -0.4 is 26.6 Å². The van der Waals surface area contributed by atoms with Crippen LogP contribution in [0.4, 0.5) is 0 Å². The first-order valence-electron chi connectivity index (χ1n) is 37.9. The van der Waals surface area contributed by atoms with Gasteiger partial charge in [0.1, 0.15) is 60.3 Å². The molecule has 9 atom stereocenters. The third-order valence-corrected chi connectivity index (χ3v) is 25.4. The monoisotopic (exact) mass is 1640 g/mol. The molecule has 0 aliphatic rings. The molecule has 9 N–H and O–H groups in total. The minimum atomic E-state index is -1.39. The Bertz CT molecular complexity index is 2690. The first kappa shape index (κ1) is 103. The Morgan fingerprint density at radius 2 is 0.741 bits per heavy atom. The van der Waals surface area contributed by atoms with Crippen molar-refractivity contribution in [3.8, 4) is 0 Å². The van der Waals surface area contributed by atoms with E-state index < -0.39 is 83.9 Å². The quantitative estimate of drug-likeness (QED) is 0.0202. The molecule has 0 aromatic carbocycles. The zero-order chi connectivity index (χ0) is 80.9. The van der Waals surface area contributed by atoms with Crippen LogP contribution in [0.2, 0.25) is 0 Å². The van der Waals surface area contributed by atoms with E-state index >= 15 is 0 Å². The summed E-state index contributed by atoms with van der Waals surface area (Å²) in [5.41, 5.74) is 0. The van der Waals surface area contributed by atoms with Gasteiger partial charge in [-0.1, -0.05) is 170 Å². The Balaban J connectivity index is 4.36. The number of aliphatic carboxylic acids is 4. The number of hydrogen-bond donors (Lipinski definition) is 9. The molecule has 0 radical (unpaired) electrons. The fourth-order valence-electron chi connectivity index (χ4n) is 9.97. The van der Waals surface area contributed by atoms with E-state index in [1.807, 2.05) is 13.8 Å². The van der Waals surface area contributed by atoms with Crippen LogP contribution in [0.5, 0.6) is 0 Å². The zero-order valence-electron chi connectivity index (χ0n) is 64.6. The number of rotatable bonds is 76. The Morgan fingerprint density at radius 1 is 0.324 bits per heavy atom. The number of carbonyl (C=O) groups excluding carboxylic acids is 11. The van der Waals surface area contributed by atoms with Gasteiger partial charge in [0.15, 0.2) is 5.78 Å². The molecular formula is C74H125N5O23S6. The topological polar surface area (TPSA) is 434 Å². The van der Waals surface area contributed by atoms with Crippen LogP contribution in [0, 0.1) is 35.5 Å². The van der Waals surface area contributed by atoms with Crippen LogP contribution in [0.3, 0.4) is 0 Å². The van der Waals surface area contributed by atoms with Crippen molar-refractivity contribution >= 4 is 153 Å². The third-order valence-electron chi connectivity index (χ3n) is 17.4. The van der Waals surface area contributed by atoms with E-state index in [-0.39, 0.29) is 206 Å².